The molecule has 2 nitrogen and oxygen atoms in total. The SMILES string of the molecule is CC(NCC1(c2ccccc2)CCCC1)c1ccc(S(C)=O)cc1. The van der Waals surface area contributed by atoms with E-state index in [1.807, 2.05) is 12.1 Å². The van der Waals surface area contributed by atoms with E-state index in [1.54, 1.807) is 6.26 Å². The molecule has 2 unspecified atom stereocenters. The lowest BCUT2D eigenvalue weighted by atomic mass is 9.78. The van der Waals surface area contributed by atoms with Crippen LogP contribution >= 0.6 is 0 Å². The van der Waals surface area contributed by atoms with Gasteiger partial charge in [0.05, 0.1) is 0 Å². The van der Waals surface area contributed by atoms with Gasteiger partial charge in [-0.2, -0.15) is 0 Å². The van der Waals surface area contributed by atoms with Gasteiger partial charge in [-0.1, -0.05) is 55.3 Å². The molecule has 0 radical (unpaired) electrons. The quantitative estimate of drug-likeness (QED) is 0.833. The third-order valence-corrected chi connectivity index (χ3v) is 6.34. The van der Waals surface area contributed by atoms with Crippen molar-refractivity contribution in [1.82, 2.24) is 5.32 Å². The van der Waals surface area contributed by atoms with Crippen LogP contribution in [0.1, 0.15) is 49.8 Å². The Morgan fingerprint density at radius 3 is 2.25 bits per heavy atom. The van der Waals surface area contributed by atoms with E-state index in [2.05, 4.69) is 54.7 Å². The minimum absolute atomic E-state index is 0.278. The fourth-order valence-corrected chi connectivity index (χ4v) is 4.34. The van der Waals surface area contributed by atoms with Crippen LogP contribution in [0.15, 0.2) is 59.5 Å². The lowest BCUT2D eigenvalue weighted by molar-refractivity contribution is 0.383. The third-order valence-electron chi connectivity index (χ3n) is 5.41. The summed E-state index contributed by atoms with van der Waals surface area (Å²) in [5.74, 6) is 0. The zero-order chi connectivity index (χ0) is 17.0. The van der Waals surface area contributed by atoms with Crippen LogP contribution in [0.2, 0.25) is 0 Å². The molecule has 24 heavy (non-hydrogen) atoms. The molecule has 0 saturated heterocycles. The van der Waals surface area contributed by atoms with Crippen molar-refractivity contribution in [1.29, 1.82) is 0 Å². The van der Waals surface area contributed by atoms with Crippen LogP contribution in [0, 0.1) is 0 Å². The normalized spacial score (nSPS) is 19.1. The summed E-state index contributed by atoms with van der Waals surface area (Å²) in [6.45, 7) is 3.23. The van der Waals surface area contributed by atoms with Crippen molar-refractivity contribution in [3.63, 3.8) is 0 Å². The number of benzene rings is 2. The molecule has 0 spiro atoms. The van der Waals surface area contributed by atoms with Crippen LogP contribution in [0.3, 0.4) is 0 Å². The summed E-state index contributed by atoms with van der Waals surface area (Å²) in [7, 11) is -0.908. The van der Waals surface area contributed by atoms with Crippen LogP contribution in [-0.4, -0.2) is 17.0 Å². The summed E-state index contributed by atoms with van der Waals surface area (Å²) in [5, 5.41) is 3.75. The van der Waals surface area contributed by atoms with Crippen molar-refractivity contribution in [2.45, 2.75) is 49.0 Å². The van der Waals surface area contributed by atoms with Gasteiger partial charge in [-0.25, -0.2) is 0 Å². The van der Waals surface area contributed by atoms with Crippen LogP contribution in [0.25, 0.3) is 0 Å². The van der Waals surface area contributed by atoms with Crippen LogP contribution in [-0.2, 0) is 16.2 Å². The smallest absolute Gasteiger partial charge is 0.0498 e. The van der Waals surface area contributed by atoms with E-state index in [-0.39, 0.29) is 5.41 Å². The summed E-state index contributed by atoms with van der Waals surface area (Å²) in [4.78, 5) is 0.891. The van der Waals surface area contributed by atoms with E-state index in [9.17, 15) is 4.21 Å². The molecule has 2 aromatic carbocycles. The molecule has 2 atom stereocenters. The fourth-order valence-electron chi connectivity index (χ4n) is 3.83. The molecule has 0 aliphatic heterocycles. The van der Waals surface area contributed by atoms with Gasteiger partial charge in [-0.3, -0.25) is 4.21 Å². The van der Waals surface area contributed by atoms with Crippen molar-refractivity contribution in [3.05, 3.63) is 65.7 Å². The van der Waals surface area contributed by atoms with Gasteiger partial charge < -0.3 is 5.32 Å². The molecule has 0 amide bonds. The summed E-state index contributed by atoms with van der Waals surface area (Å²) < 4.78 is 11.5. The summed E-state index contributed by atoms with van der Waals surface area (Å²) in [5.41, 5.74) is 3.00. The molecule has 1 fully saturated rings. The predicted octanol–water partition coefficient (Wildman–Crippen LogP) is 4.59. The Bertz CT molecular complexity index is 675. The molecule has 0 aromatic heterocycles. The van der Waals surface area contributed by atoms with E-state index in [0.29, 0.717) is 6.04 Å². The highest BCUT2D eigenvalue weighted by Gasteiger charge is 2.35. The van der Waals surface area contributed by atoms with Crippen molar-refractivity contribution in [2.24, 2.45) is 0 Å². The maximum atomic E-state index is 11.5. The maximum Gasteiger partial charge on any atom is 0.0498 e. The van der Waals surface area contributed by atoms with Gasteiger partial charge in [-0.05, 0) is 43.0 Å². The Hall–Kier alpha value is -1.45. The first-order valence-corrected chi connectivity index (χ1v) is 10.4. The minimum Gasteiger partial charge on any atom is -0.309 e. The van der Waals surface area contributed by atoms with Crippen LogP contribution in [0.4, 0.5) is 0 Å². The van der Waals surface area contributed by atoms with E-state index in [0.717, 1.165) is 11.4 Å². The Kier molecular flexibility index (Phi) is 5.52. The molecule has 1 aliphatic rings. The highest BCUT2D eigenvalue weighted by atomic mass is 32.2. The van der Waals surface area contributed by atoms with E-state index in [4.69, 9.17) is 0 Å². The van der Waals surface area contributed by atoms with E-state index >= 15 is 0 Å². The first-order valence-electron chi connectivity index (χ1n) is 8.83. The van der Waals surface area contributed by atoms with Crippen molar-refractivity contribution < 1.29 is 4.21 Å². The number of hydrogen-bond acceptors (Lipinski definition) is 2. The van der Waals surface area contributed by atoms with Gasteiger partial charge in [-0.15, -0.1) is 0 Å². The highest BCUT2D eigenvalue weighted by molar-refractivity contribution is 7.84. The lowest BCUT2D eigenvalue weighted by Crippen LogP contribution is -2.37. The van der Waals surface area contributed by atoms with Gasteiger partial charge in [0.1, 0.15) is 0 Å². The highest BCUT2D eigenvalue weighted by Crippen LogP contribution is 2.40. The molecular formula is C21H27NOS. The molecule has 0 heterocycles. The number of hydrogen-bond donors (Lipinski definition) is 1. The maximum absolute atomic E-state index is 11.5. The Labute approximate surface area is 148 Å². The fraction of sp³-hybridized carbons (Fsp3) is 0.429. The standard InChI is InChI=1S/C21H27NOS/c1-17(18-10-12-20(13-11-18)24(2)23)22-16-21(14-6-7-15-21)19-8-4-3-5-9-19/h3-5,8-13,17,22H,6-7,14-16H2,1-2H3. The van der Waals surface area contributed by atoms with Gasteiger partial charge in [0, 0.05) is 40.0 Å². The van der Waals surface area contributed by atoms with Crippen molar-refractivity contribution in [3.8, 4) is 0 Å². The molecular weight excluding hydrogens is 314 g/mol. The first-order chi connectivity index (χ1) is 11.6. The van der Waals surface area contributed by atoms with Gasteiger partial charge >= 0.3 is 0 Å². The zero-order valence-corrected chi connectivity index (χ0v) is 15.4. The largest absolute Gasteiger partial charge is 0.309 e. The average molecular weight is 342 g/mol. The van der Waals surface area contributed by atoms with Gasteiger partial charge in [0.2, 0.25) is 0 Å². The third kappa shape index (κ3) is 3.79. The number of rotatable bonds is 6. The lowest BCUT2D eigenvalue weighted by Gasteiger charge is -2.32. The molecule has 1 N–H and O–H groups in total. The summed E-state index contributed by atoms with van der Waals surface area (Å²) in [6.07, 6.45) is 6.90. The van der Waals surface area contributed by atoms with E-state index in [1.165, 1.54) is 36.8 Å². The monoisotopic (exact) mass is 341 g/mol. The summed E-state index contributed by atoms with van der Waals surface area (Å²) in [6, 6.07) is 19.4. The molecule has 0 bridgehead atoms. The van der Waals surface area contributed by atoms with Crippen LogP contribution in [0.5, 0.6) is 0 Å². The number of nitrogens with one attached hydrogen (secondary N) is 1. The molecule has 1 aliphatic carbocycles. The predicted molar refractivity (Wildman–Crippen MR) is 102 cm³/mol. The molecule has 3 heteroatoms. The average Bonchev–Trinajstić information content (AvgIpc) is 3.11. The van der Waals surface area contributed by atoms with Gasteiger partial charge in [0.25, 0.3) is 0 Å². The topological polar surface area (TPSA) is 29.1 Å². The summed E-state index contributed by atoms with van der Waals surface area (Å²) >= 11 is 0. The second kappa shape index (κ2) is 7.62. The second-order valence-corrected chi connectivity index (χ2v) is 8.36. The Morgan fingerprint density at radius 2 is 1.67 bits per heavy atom. The molecule has 1 saturated carbocycles. The van der Waals surface area contributed by atoms with Crippen molar-refractivity contribution in [2.75, 3.05) is 12.8 Å². The second-order valence-electron chi connectivity index (χ2n) is 6.98. The molecule has 3 rings (SSSR count). The van der Waals surface area contributed by atoms with Gasteiger partial charge in [0.15, 0.2) is 0 Å². The van der Waals surface area contributed by atoms with Crippen LogP contribution < -0.4 is 5.32 Å². The van der Waals surface area contributed by atoms with Crippen molar-refractivity contribution >= 4 is 10.8 Å². The molecule has 2 aromatic rings. The minimum atomic E-state index is -0.908. The zero-order valence-electron chi connectivity index (χ0n) is 14.6. The van der Waals surface area contributed by atoms with E-state index < -0.39 is 10.8 Å². The Balaban J connectivity index is 1.70. The Morgan fingerprint density at radius 1 is 1.04 bits per heavy atom. The molecule has 128 valence electrons. The first kappa shape index (κ1) is 17.4.